The molecule has 2 rings (SSSR count). The highest BCUT2D eigenvalue weighted by Gasteiger charge is 2.25. The molecule has 0 bridgehead atoms. The minimum atomic E-state index is -3.20. The van der Waals surface area contributed by atoms with Crippen molar-refractivity contribution in [2.75, 3.05) is 46.3 Å². The molecule has 0 aromatic heterocycles. The number of nitrogens with one attached hydrogen (secondary N) is 1. The zero-order valence-corrected chi connectivity index (χ0v) is 14.0. The fraction of sp³-hybridized carbons (Fsp3) is 0.500. The number of hydrogen-bond acceptors (Lipinski definition) is 5. The average Bonchev–Trinajstić information content (AvgIpc) is 2.54. The molecule has 8 nitrogen and oxygen atoms in total. The summed E-state index contributed by atoms with van der Waals surface area (Å²) in [4.78, 5) is 13.6. The lowest BCUT2D eigenvalue weighted by Gasteiger charge is -2.33. The number of ether oxygens (including phenoxy) is 2. The van der Waals surface area contributed by atoms with Crippen molar-refractivity contribution in [2.24, 2.45) is 0 Å². The second kappa shape index (κ2) is 7.51. The van der Waals surface area contributed by atoms with E-state index in [1.165, 1.54) is 10.6 Å². The summed E-state index contributed by atoms with van der Waals surface area (Å²) in [7, 11) is -1.66. The summed E-state index contributed by atoms with van der Waals surface area (Å²) in [6.45, 7) is 1.33. The Bertz CT molecular complexity index is 642. The van der Waals surface area contributed by atoms with Crippen LogP contribution in [0.3, 0.4) is 0 Å². The number of carbonyl (C=O) groups is 1. The number of benzene rings is 1. The molecule has 0 saturated carbocycles. The standard InChI is InChI=1S/C14H21N3O5S/c1-21-12-5-3-4-6-13(12)22-11-15-14(18)16-7-9-17(10-8-16)23(2,19)20/h3-6H,7-11H2,1-2H3,(H,15,18). The molecule has 1 aliphatic heterocycles. The van der Waals surface area contributed by atoms with Crippen molar-refractivity contribution >= 4 is 16.1 Å². The van der Waals surface area contributed by atoms with Crippen molar-refractivity contribution in [3.05, 3.63) is 24.3 Å². The number of rotatable bonds is 5. The Morgan fingerprint density at radius 2 is 1.78 bits per heavy atom. The van der Waals surface area contributed by atoms with Crippen LogP contribution in [0.5, 0.6) is 11.5 Å². The number of hydrogen-bond donors (Lipinski definition) is 1. The third-order valence-corrected chi connectivity index (χ3v) is 4.82. The molecule has 0 aliphatic carbocycles. The normalized spacial score (nSPS) is 16.0. The second-order valence-electron chi connectivity index (χ2n) is 5.07. The lowest BCUT2D eigenvalue weighted by Crippen LogP contribution is -2.53. The van der Waals surface area contributed by atoms with Crippen LogP contribution in [0.4, 0.5) is 4.79 Å². The summed E-state index contributed by atoms with van der Waals surface area (Å²) >= 11 is 0. The highest BCUT2D eigenvalue weighted by Crippen LogP contribution is 2.25. The van der Waals surface area contributed by atoms with E-state index in [0.29, 0.717) is 37.7 Å². The molecule has 23 heavy (non-hydrogen) atoms. The predicted molar refractivity (Wildman–Crippen MR) is 85.0 cm³/mol. The van der Waals surface area contributed by atoms with Crippen LogP contribution in [0.1, 0.15) is 0 Å². The predicted octanol–water partition coefficient (Wildman–Crippen LogP) is 0.318. The molecular formula is C14H21N3O5S. The molecule has 1 aromatic carbocycles. The minimum absolute atomic E-state index is 0.00545. The Balaban J connectivity index is 1.78. The van der Waals surface area contributed by atoms with Gasteiger partial charge in [0.2, 0.25) is 10.0 Å². The number of sulfonamides is 1. The molecule has 1 fully saturated rings. The van der Waals surface area contributed by atoms with E-state index in [2.05, 4.69) is 5.32 Å². The summed E-state index contributed by atoms with van der Waals surface area (Å²) in [6, 6.07) is 6.86. The van der Waals surface area contributed by atoms with Gasteiger partial charge in [-0.05, 0) is 12.1 Å². The van der Waals surface area contributed by atoms with Crippen LogP contribution in [0.2, 0.25) is 0 Å². The van der Waals surface area contributed by atoms with Gasteiger partial charge in [0.05, 0.1) is 13.4 Å². The molecule has 2 amide bonds. The van der Waals surface area contributed by atoms with Gasteiger partial charge in [0.25, 0.3) is 0 Å². The topological polar surface area (TPSA) is 88.2 Å². The van der Waals surface area contributed by atoms with Gasteiger partial charge < -0.3 is 19.7 Å². The average molecular weight is 343 g/mol. The molecule has 0 atom stereocenters. The van der Waals surface area contributed by atoms with Gasteiger partial charge in [-0.1, -0.05) is 12.1 Å². The van der Waals surface area contributed by atoms with Gasteiger partial charge in [-0.3, -0.25) is 0 Å². The van der Waals surface area contributed by atoms with Crippen LogP contribution < -0.4 is 14.8 Å². The van der Waals surface area contributed by atoms with Crippen molar-refractivity contribution in [1.82, 2.24) is 14.5 Å². The number of piperazine rings is 1. The first kappa shape index (κ1) is 17.4. The van der Waals surface area contributed by atoms with Crippen LogP contribution in [0.15, 0.2) is 24.3 Å². The summed E-state index contributed by atoms with van der Waals surface area (Å²) in [5, 5.41) is 2.65. The van der Waals surface area contributed by atoms with Gasteiger partial charge >= 0.3 is 6.03 Å². The lowest BCUT2D eigenvalue weighted by molar-refractivity contribution is 0.162. The Hall–Kier alpha value is -2.00. The number of amides is 2. The van der Waals surface area contributed by atoms with E-state index in [1.54, 1.807) is 24.1 Å². The fourth-order valence-electron chi connectivity index (χ4n) is 2.25. The number of nitrogens with zero attached hydrogens (tertiary/aromatic N) is 2. The SMILES string of the molecule is COc1ccccc1OCNC(=O)N1CCN(S(C)(=O)=O)CC1. The van der Waals surface area contributed by atoms with E-state index < -0.39 is 10.0 Å². The maximum absolute atomic E-state index is 12.0. The first-order chi connectivity index (χ1) is 10.9. The van der Waals surface area contributed by atoms with Crippen LogP contribution in [0, 0.1) is 0 Å². The van der Waals surface area contributed by atoms with Gasteiger partial charge in [-0.2, -0.15) is 4.31 Å². The molecule has 0 spiro atoms. The third-order valence-electron chi connectivity index (χ3n) is 3.52. The zero-order chi connectivity index (χ0) is 16.9. The molecule has 1 saturated heterocycles. The summed E-state index contributed by atoms with van der Waals surface area (Å²) in [6.07, 6.45) is 1.17. The monoisotopic (exact) mass is 343 g/mol. The molecule has 0 unspecified atom stereocenters. The van der Waals surface area contributed by atoms with Gasteiger partial charge in [0.1, 0.15) is 0 Å². The summed E-state index contributed by atoms with van der Waals surface area (Å²) < 4.78 is 34.8. The largest absolute Gasteiger partial charge is 0.493 e. The molecule has 9 heteroatoms. The first-order valence-electron chi connectivity index (χ1n) is 7.15. The Morgan fingerprint density at radius 1 is 1.17 bits per heavy atom. The van der Waals surface area contributed by atoms with E-state index in [0.717, 1.165) is 0 Å². The molecule has 1 aliphatic rings. The van der Waals surface area contributed by atoms with E-state index in [9.17, 15) is 13.2 Å². The first-order valence-corrected chi connectivity index (χ1v) is 9.00. The van der Waals surface area contributed by atoms with Gasteiger partial charge in [-0.15, -0.1) is 0 Å². The number of methoxy groups -OCH3 is 1. The van der Waals surface area contributed by atoms with E-state index in [-0.39, 0.29) is 12.8 Å². The van der Waals surface area contributed by atoms with Crippen molar-refractivity contribution in [1.29, 1.82) is 0 Å². The third kappa shape index (κ3) is 4.73. The van der Waals surface area contributed by atoms with Crippen molar-refractivity contribution < 1.29 is 22.7 Å². The van der Waals surface area contributed by atoms with Crippen LogP contribution in [-0.2, 0) is 10.0 Å². The number of carbonyl (C=O) groups excluding carboxylic acids is 1. The quantitative estimate of drug-likeness (QED) is 0.778. The van der Waals surface area contributed by atoms with Crippen molar-refractivity contribution in [3.63, 3.8) is 0 Å². The molecule has 1 heterocycles. The summed E-state index contributed by atoms with van der Waals surface area (Å²) in [5.41, 5.74) is 0. The lowest BCUT2D eigenvalue weighted by atomic mass is 10.3. The van der Waals surface area contributed by atoms with Gasteiger partial charge in [0.15, 0.2) is 18.2 Å². The van der Waals surface area contributed by atoms with Crippen LogP contribution >= 0.6 is 0 Å². The van der Waals surface area contributed by atoms with Gasteiger partial charge in [-0.25, -0.2) is 13.2 Å². The molecule has 1 N–H and O–H groups in total. The van der Waals surface area contributed by atoms with E-state index in [1.807, 2.05) is 12.1 Å². The highest BCUT2D eigenvalue weighted by atomic mass is 32.2. The smallest absolute Gasteiger partial charge is 0.320 e. The fourth-order valence-corrected chi connectivity index (χ4v) is 3.07. The zero-order valence-electron chi connectivity index (χ0n) is 13.2. The van der Waals surface area contributed by atoms with Crippen molar-refractivity contribution in [3.8, 4) is 11.5 Å². The molecule has 0 radical (unpaired) electrons. The minimum Gasteiger partial charge on any atom is -0.493 e. The Kier molecular flexibility index (Phi) is 5.67. The van der Waals surface area contributed by atoms with Crippen LogP contribution in [0.25, 0.3) is 0 Å². The maximum atomic E-state index is 12.0. The van der Waals surface area contributed by atoms with Crippen LogP contribution in [-0.4, -0.2) is 69.9 Å². The number of urea groups is 1. The maximum Gasteiger partial charge on any atom is 0.320 e. The molecule has 128 valence electrons. The van der Waals surface area contributed by atoms with E-state index in [4.69, 9.17) is 9.47 Å². The second-order valence-corrected chi connectivity index (χ2v) is 7.05. The Labute approximate surface area is 136 Å². The van der Waals surface area contributed by atoms with E-state index >= 15 is 0 Å². The Morgan fingerprint density at radius 3 is 2.35 bits per heavy atom. The van der Waals surface area contributed by atoms with Gasteiger partial charge in [0, 0.05) is 26.2 Å². The molecular weight excluding hydrogens is 322 g/mol. The summed E-state index contributed by atoms with van der Waals surface area (Å²) in [5.74, 6) is 1.13. The molecule has 1 aromatic rings. The van der Waals surface area contributed by atoms with Crippen molar-refractivity contribution in [2.45, 2.75) is 0 Å². The highest BCUT2D eigenvalue weighted by molar-refractivity contribution is 7.88. The number of para-hydroxylation sites is 2.